The van der Waals surface area contributed by atoms with E-state index in [0.717, 1.165) is 29.2 Å². The summed E-state index contributed by atoms with van der Waals surface area (Å²) < 4.78 is 12.6. The second-order valence-corrected chi connectivity index (χ2v) is 7.14. The first-order valence-corrected chi connectivity index (χ1v) is 9.62. The zero-order valence-electron chi connectivity index (χ0n) is 16.4. The molecule has 2 heterocycles. The molecule has 0 fully saturated rings. The van der Waals surface area contributed by atoms with E-state index in [-0.39, 0.29) is 5.91 Å². The summed E-state index contributed by atoms with van der Waals surface area (Å²) in [6.45, 7) is 8.69. The number of anilines is 1. The van der Waals surface area contributed by atoms with Gasteiger partial charge in [-0.1, -0.05) is 6.08 Å². The largest absolute Gasteiger partial charge is 0.497 e. The van der Waals surface area contributed by atoms with Crippen LogP contribution in [-0.2, 0) is 6.54 Å². The van der Waals surface area contributed by atoms with E-state index in [1.54, 1.807) is 32.4 Å². The first kappa shape index (κ1) is 19.7. The van der Waals surface area contributed by atoms with Crippen LogP contribution in [0.5, 0.6) is 11.5 Å². The maximum atomic E-state index is 12.6. The van der Waals surface area contributed by atoms with Gasteiger partial charge >= 0.3 is 0 Å². The number of amides is 1. The number of benzene rings is 1. The van der Waals surface area contributed by atoms with Crippen LogP contribution in [-0.4, -0.2) is 29.7 Å². The number of thiazole rings is 1. The number of aryl methyl sites for hydroxylation is 1. The Balaban J connectivity index is 1.83. The van der Waals surface area contributed by atoms with Crippen LogP contribution in [0.1, 0.15) is 21.7 Å². The van der Waals surface area contributed by atoms with Gasteiger partial charge in [0.15, 0.2) is 5.13 Å². The number of rotatable bonds is 7. The third-order valence-electron chi connectivity index (χ3n) is 4.50. The van der Waals surface area contributed by atoms with Crippen LogP contribution in [0, 0.1) is 13.8 Å². The Hall–Kier alpha value is -3.06. The molecule has 0 saturated carbocycles. The number of hydrogen-bond acceptors (Lipinski definition) is 5. The summed E-state index contributed by atoms with van der Waals surface area (Å²) in [6, 6.07) is 7.15. The zero-order valence-corrected chi connectivity index (χ0v) is 17.2. The SMILES string of the molecule is C=CCn1c(C)cc(-c2csc(NC(=O)c3cc(OC)cc(OC)c3)n2)c1C. The molecule has 0 radical (unpaired) electrons. The summed E-state index contributed by atoms with van der Waals surface area (Å²) in [6.07, 6.45) is 1.87. The molecule has 2 aromatic heterocycles. The van der Waals surface area contributed by atoms with Gasteiger partial charge in [-0.2, -0.15) is 0 Å². The Labute approximate surface area is 168 Å². The number of ether oxygens (including phenoxy) is 2. The number of allylic oxidation sites excluding steroid dienone is 1. The molecular weight excluding hydrogens is 374 g/mol. The van der Waals surface area contributed by atoms with Crippen LogP contribution in [0.2, 0.25) is 0 Å². The van der Waals surface area contributed by atoms with Crippen molar-refractivity contribution in [1.29, 1.82) is 0 Å². The van der Waals surface area contributed by atoms with E-state index in [2.05, 4.69) is 41.4 Å². The summed E-state index contributed by atoms with van der Waals surface area (Å²) >= 11 is 1.39. The van der Waals surface area contributed by atoms with Crippen molar-refractivity contribution in [2.45, 2.75) is 20.4 Å². The van der Waals surface area contributed by atoms with Crippen molar-refractivity contribution in [3.8, 4) is 22.8 Å². The standard InChI is InChI=1S/C21H23N3O3S/c1-6-7-24-13(2)8-18(14(24)3)19-12-28-21(22-19)23-20(25)15-9-16(26-4)11-17(10-15)27-5/h6,8-12H,1,7H2,2-5H3,(H,22,23,25). The number of hydrogen-bond donors (Lipinski definition) is 1. The molecule has 0 aliphatic heterocycles. The Morgan fingerprint density at radius 1 is 1.21 bits per heavy atom. The molecule has 3 rings (SSSR count). The predicted molar refractivity (Wildman–Crippen MR) is 113 cm³/mol. The van der Waals surface area contributed by atoms with Gasteiger partial charge in [-0.3, -0.25) is 10.1 Å². The summed E-state index contributed by atoms with van der Waals surface area (Å²) in [4.78, 5) is 17.2. The Bertz CT molecular complexity index is 998. The van der Waals surface area contributed by atoms with E-state index in [0.29, 0.717) is 22.2 Å². The molecule has 1 N–H and O–H groups in total. The van der Waals surface area contributed by atoms with Crippen LogP contribution in [0.15, 0.2) is 42.3 Å². The number of methoxy groups -OCH3 is 2. The van der Waals surface area contributed by atoms with Gasteiger partial charge in [0, 0.05) is 40.5 Å². The minimum atomic E-state index is -0.268. The Morgan fingerprint density at radius 3 is 2.50 bits per heavy atom. The Morgan fingerprint density at radius 2 is 1.89 bits per heavy atom. The van der Waals surface area contributed by atoms with Crippen LogP contribution < -0.4 is 14.8 Å². The van der Waals surface area contributed by atoms with Gasteiger partial charge in [-0.25, -0.2) is 4.98 Å². The quantitative estimate of drug-likeness (QED) is 0.588. The topological polar surface area (TPSA) is 65.4 Å². The number of nitrogens with zero attached hydrogens (tertiary/aromatic N) is 2. The average molecular weight is 398 g/mol. The number of carbonyl (C=O) groups is 1. The minimum absolute atomic E-state index is 0.268. The minimum Gasteiger partial charge on any atom is -0.497 e. The molecule has 6 nitrogen and oxygen atoms in total. The van der Waals surface area contributed by atoms with Crippen molar-refractivity contribution in [1.82, 2.24) is 9.55 Å². The second kappa shape index (κ2) is 8.31. The predicted octanol–water partition coefficient (Wildman–Crippen LogP) is 4.68. The zero-order chi connectivity index (χ0) is 20.3. The van der Waals surface area contributed by atoms with Crippen molar-refractivity contribution < 1.29 is 14.3 Å². The van der Waals surface area contributed by atoms with E-state index < -0.39 is 0 Å². The highest BCUT2D eigenvalue weighted by Gasteiger charge is 2.15. The molecule has 7 heteroatoms. The normalized spacial score (nSPS) is 10.6. The Kier molecular flexibility index (Phi) is 5.84. The van der Waals surface area contributed by atoms with Gasteiger partial charge in [-0.15, -0.1) is 17.9 Å². The second-order valence-electron chi connectivity index (χ2n) is 6.28. The lowest BCUT2D eigenvalue weighted by molar-refractivity contribution is 0.102. The third kappa shape index (κ3) is 3.94. The average Bonchev–Trinajstić information content (AvgIpc) is 3.27. The van der Waals surface area contributed by atoms with Crippen molar-refractivity contribution in [2.24, 2.45) is 0 Å². The molecule has 0 atom stereocenters. The number of carbonyl (C=O) groups excluding carboxylic acids is 1. The first-order valence-electron chi connectivity index (χ1n) is 8.74. The van der Waals surface area contributed by atoms with E-state index in [4.69, 9.17) is 9.47 Å². The van der Waals surface area contributed by atoms with Crippen LogP contribution in [0.4, 0.5) is 5.13 Å². The fourth-order valence-corrected chi connectivity index (χ4v) is 3.74. The van der Waals surface area contributed by atoms with Gasteiger partial charge in [-0.05, 0) is 32.0 Å². The van der Waals surface area contributed by atoms with Gasteiger partial charge in [0.1, 0.15) is 11.5 Å². The maximum Gasteiger partial charge on any atom is 0.257 e. The smallest absolute Gasteiger partial charge is 0.257 e. The molecule has 0 bridgehead atoms. The van der Waals surface area contributed by atoms with E-state index in [1.165, 1.54) is 11.3 Å². The lowest BCUT2D eigenvalue weighted by Crippen LogP contribution is -2.12. The van der Waals surface area contributed by atoms with Gasteiger partial charge in [0.05, 0.1) is 19.9 Å². The molecule has 3 aromatic rings. The highest BCUT2D eigenvalue weighted by Crippen LogP contribution is 2.30. The maximum absolute atomic E-state index is 12.6. The van der Waals surface area contributed by atoms with E-state index in [1.807, 2.05) is 11.5 Å². The molecule has 1 amide bonds. The molecule has 0 aliphatic carbocycles. The monoisotopic (exact) mass is 397 g/mol. The fourth-order valence-electron chi connectivity index (χ4n) is 3.03. The molecule has 0 aliphatic rings. The molecule has 0 saturated heterocycles. The van der Waals surface area contributed by atoms with Crippen LogP contribution in [0.3, 0.4) is 0 Å². The van der Waals surface area contributed by atoms with Gasteiger partial charge < -0.3 is 14.0 Å². The van der Waals surface area contributed by atoms with Crippen LogP contribution in [0.25, 0.3) is 11.3 Å². The van der Waals surface area contributed by atoms with Crippen LogP contribution >= 0.6 is 11.3 Å². The van der Waals surface area contributed by atoms with Crippen molar-refractivity contribution >= 4 is 22.4 Å². The highest BCUT2D eigenvalue weighted by atomic mass is 32.1. The molecule has 28 heavy (non-hydrogen) atoms. The lowest BCUT2D eigenvalue weighted by atomic mass is 10.2. The van der Waals surface area contributed by atoms with Crippen molar-refractivity contribution in [3.63, 3.8) is 0 Å². The molecular formula is C21H23N3O3S. The van der Waals surface area contributed by atoms with Crippen molar-refractivity contribution in [2.75, 3.05) is 19.5 Å². The molecule has 1 aromatic carbocycles. The van der Waals surface area contributed by atoms with Crippen molar-refractivity contribution in [3.05, 3.63) is 59.3 Å². The summed E-state index contributed by atoms with van der Waals surface area (Å²) in [5.74, 6) is 0.841. The summed E-state index contributed by atoms with van der Waals surface area (Å²) in [7, 11) is 3.10. The number of nitrogens with one attached hydrogen (secondary N) is 1. The fraction of sp³-hybridized carbons (Fsp3) is 0.238. The third-order valence-corrected chi connectivity index (χ3v) is 5.26. The molecule has 0 unspecified atom stereocenters. The number of aromatic nitrogens is 2. The van der Waals surface area contributed by atoms with E-state index >= 15 is 0 Å². The molecule has 146 valence electrons. The molecule has 0 spiro atoms. The summed E-state index contributed by atoms with van der Waals surface area (Å²) in [5.41, 5.74) is 4.61. The lowest BCUT2D eigenvalue weighted by Gasteiger charge is -2.08. The first-order chi connectivity index (χ1) is 13.5. The summed E-state index contributed by atoms with van der Waals surface area (Å²) in [5, 5.41) is 5.33. The highest BCUT2D eigenvalue weighted by molar-refractivity contribution is 7.14. The van der Waals surface area contributed by atoms with E-state index in [9.17, 15) is 4.79 Å². The van der Waals surface area contributed by atoms with Gasteiger partial charge in [0.25, 0.3) is 5.91 Å². The van der Waals surface area contributed by atoms with Gasteiger partial charge in [0.2, 0.25) is 0 Å².